The van der Waals surface area contributed by atoms with E-state index >= 15 is 0 Å². The minimum absolute atomic E-state index is 0.0110. The van der Waals surface area contributed by atoms with E-state index < -0.39 is 10.6 Å². The van der Waals surface area contributed by atoms with Gasteiger partial charge in [0.1, 0.15) is 11.6 Å². The Morgan fingerprint density at radius 3 is 2.65 bits per heavy atom. The molecule has 1 saturated heterocycles. The second-order valence-corrected chi connectivity index (χ2v) is 7.05. The molecule has 0 radical (unpaired) electrons. The third-order valence-electron chi connectivity index (χ3n) is 5.21. The number of hydrogen-bond acceptors (Lipinski definition) is 4. The number of halogens is 1. The molecule has 1 N–H and O–H groups in total. The third-order valence-corrected chi connectivity index (χ3v) is 5.51. The molecule has 6 nitrogen and oxygen atoms in total. The summed E-state index contributed by atoms with van der Waals surface area (Å²) in [6.07, 6.45) is 0. The highest BCUT2D eigenvalue weighted by Crippen LogP contribution is 2.49. The van der Waals surface area contributed by atoms with Crippen molar-refractivity contribution >= 4 is 28.7 Å². The fraction of sp³-hybridized carbons (Fsp3) is 0.278. The Hall–Kier alpha value is -2.74. The minimum Gasteiger partial charge on any atom is -0.467 e. The number of thiocarbonyl (C=S) groups is 1. The van der Waals surface area contributed by atoms with Crippen molar-refractivity contribution in [3.05, 3.63) is 64.0 Å². The summed E-state index contributed by atoms with van der Waals surface area (Å²) in [6.45, 7) is 3.92. The fourth-order valence-electron chi connectivity index (χ4n) is 3.69. The molecule has 0 unspecified atom stereocenters. The average molecular weight is 373 g/mol. The van der Waals surface area contributed by atoms with Crippen LogP contribution in [0.15, 0.2) is 42.5 Å². The van der Waals surface area contributed by atoms with Crippen LogP contribution in [0.1, 0.15) is 25.5 Å². The number of nitrogens with one attached hydrogen (secondary N) is 1. The second kappa shape index (κ2) is 5.63. The van der Waals surface area contributed by atoms with Crippen LogP contribution in [0.2, 0.25) is 0 Å². The summed E-state index contributed by atoms with van der Waals surface area (Å²) in [4.78, 5) is 12.5. The summed E-state index contributed by atoms with van der Waals surface area (Å²) < 4.78 is 19.6. The summed E-state index contributed by atoms with van der Waals surface area (Å²) >= 11 is 5.54. The van der Waals surface area contributed by atoms with Gasteiger partial charge in [0, 0.05) is 29.3 Å². The van der Waals surface area contributed by atoms with Gasteiger partial charge in [0.2, 0.25) is 0 Å². The van der Waals surface area contributed by atoms with Gasteiger partial charge in [-0.1, -0.05) is 6.92 Å². The van der Waals surface area contributed by atoms with E-state index in [1.54, 1.807) is 18.2 Å². The summed E-state index contributed by atoms with van der Waals surface area (Å²) in [6, 6.07) is 10.4. The van der Waals surface area contributed by atoms with E-state index in [1.807, 2.05) is 18.7 Å². The molecule has 134 valence electrons. The number of anilines is 1. The molecule has 2 heterocycles. The standard InChI is InChI=1S/C18H16FN3O3S/c1-10-16-14-9-13(22(23)24)7-8-15(14)25-18(10,2)21(17(26)20-16)12-5-3-11(19)4-6-12/h3-10,16H,1-2H3,(H,20,26)/t10-,16+,18-/m1/s1. The highest BCUT2D eigenvalue weighted by atomic mass is 32.1. The van der Waals surface area contributed by atoms with Crippen molar-refractivity contribution in [2.24, 2.45) is 5.92 Å². The lowest BCUT2D eigenvalue weighted by atomic mass is 9.80. The first kappa shape index (κ1) is 16.7. The molecular formula is C18H16FN3O3S. The predicted molar refractivity (Wildman–Crippen MR) is 98.6 cm³/mol. The Bertz CT molecular complexity index is 920. The molecule has 0 aliphatic carbocycles. The smallest absolute Gasteiger partial charge is 0.270 e. The zero-order chi connectivity index (χ0) is 18.6. The molecule has 2 aromatic rings. The monoisotopic (exact) mass is 373 g/mol. The van der Waals surface area contributed by atoms with Gasteiger partial charge in [0.05, 0.1) is 11.0 Å². The van der Waals surface area contributed by atoms with Gasteiger partial charge in [-0.2, -0.15) is 0 Å². The summed E-state index contributed by atoms with van der Waals surface area (Å²) in [5.41, 5.74) is 0.623. The molecule has 2 aliphatic rings. The molecule has 0 saturated carbocycles. The SMILES string of the molecule is C[C@@H]1[C@@H]2NC(=S)N(c3ccc(F)cc3)[C@]1(C)Oc1ccc([N+](=O)[O-])cc12. The van der Waals surface area contributed by atoms with Crippen molar-refractivity contribution in [1.82, 2.24) is 5.32 Å². The Morgan fingerprint density at radius 2 is 2.00 bits per heavy atom. The first-order valence-electron chi connectivity index (χ1n) is 8.15. The van der Waals surface area contributed by atoms with Crippen LogP contribution >= 0.6 is 12.2 Å². The second-order valence-electron chi connectivity index (χ2n) is 6.66. The quantitative estimate of drug-likeness (QED) is 0.489. The van der Waals surface area contributed by atoms with Gasteiger partial charge < -0.3 is 10.1 Å². The van der Waals surface area contributed by atoms with E-state index in [2.05, 4.69) is 5.32 Å². The number of hydrogen-bond donors (Lipinski definition) is 1. The summed E-state index contributed by atoms with van der Waals surface area (Å²) in [7, 11) is 0. The number of nitrogens with zero attached hydrogens (tertiary/aromatic N) is 2. The molecule has 26 heavy (non-hydrogen) atoms. The fourth-order valence-corrected chi connectivity index (χ4v) is 4.11. The Balaban J connectivity index is 1.82. The Labute approximate surface area is 154 Å². The van der Waals surface area contributed by atoms with Gasteiger partial charge in [-0.05, 0) is 49.5 Å². The van der Waals surface area contributed by atoms with E-state index in [9.17, 15) is 14.5 Å². The van der Waals surface area contributed by atoms with Crippen LogP contribution in [0.4, 0.5) is 15.8 Å². The lowest BCUT2D eigenvalue weighted by Crippen LogP contribution is -2.69. The van der Waals surface area contributed by atoms with E-state index in [4.69, 9.17) is 17.0 Å². The van der Waals surface area contributed by atoms with Crippen LogP contribution in [-0.4, -0.2) is 15.8 Å². The van der Waals surface area contributed by atoms with Gasteiger partial charge in [-0.3, -0.25) is 15.0 Å². The van der Waals surface area contributed by atoms with Gasteiger partial charge >= 0.3 is 0 Å². The molecule has 2 bridgehead atoms. The zero-order valence-corrected chi connectivity index (χ0v) is 14.9. The lowest BCUT2D eigenvalue weighted by molar-refractivity contribution is -0.385. The van der Waals surface area contributed by atoms with Crippen molar-refractivity contribution in [3.8, 4) is 5.75 Å². The molecular weight excluding hydrogens is 357 g/mol. The van der Waals surface area contributed by atoms with Crippen molar-refractivity contribution in [3.63, 3.8) is 0 Å². The first-order valence-corrected chi connectivity index (χ1v) is 8.56. The summed E-state index contributed by atoms with van der Waals surface area (Å²) in [5.74, 6) is 0.167. The topological polar surface area (TPSA) is 67.6 Å². The number of fused-ring (bicyclic) bond motifs is 4. The predicted octanol–water partition coefficient (Wildman–Crippen LogP) is 3.91. The van der Waals surface area contributed by atoms with Crippen LogP contribution in [0.25, 0.3) is 0 Å². The first-order chi connectivity index (χ1) is 12.3. The Kier molecular flexibility index (Phi) is 3.62. The average Bonchev–Trinajstić information content (AvgIpc) is 2.59. The third kappa shape index (κ3) is 2.33. The molecule has 0 amide bonds. The molecule has 0 aromatic heterocycles. The van der Waals surface area contributed by atoms with Gasteiger partial charge in [0.15, 0.2) is 10.8 Å². The zero-order valence-electron chi connectivity index (χ0n) is 14.1. The largest absolute Gasteiger partial charge is 0.467 e. The highest BCUT2D eigenvalue weighted by Gasteiger charge is 2.54. The van der Waals surface area contributed by atoms with Gasteiger partial charge in [-0.25, -0.2) is 4.39 Å². The van der Waals surface area contributed by atoms with Gasteiger partial charge in [0.25, 0.3) is 5.69 Å². The van der Waals surface area contributed by atoms with Crippen molar-refractivity contribution in [2.75, 3.05) is 4.90 Å². The number of nitro benzene ring substituents is 1. The maximum atomic E-state index is 13.3. The van der Waals surface area contributed by atoms with Crippen LogP contribution in [0.3, 0.4) is 0 Å². The van der Waals surface area contributed by atoms with Crippen LogP contribution < -0.4 is 15.0 Å². The summed E-state index contributed by atoms with van der Waals surface area (Å²) in [5, 5.41) is 14.8. The minimum atomic E-state index is -0.812. The van der Waals surface area contributed by atoms with E-state index in [0.29, 0.717) is 22.1 Å². The van der Waals surface area contributed by atoms with Crippen molar-refractivity contribution in [1.29, 1.82) is 0 Å². The Morgan fingerprint density at radius 1 is 1.31 bits per heavy atom. The maximum absolute atomic E-state index is 13.3. The van der Waals surface area contributed by atoms with E-state index in [-0.39, 0.29) is 23.5 Å². The number of nitro groups is 1. The molecule has 1 fully saturated rings. The number of non-ortho nitro benzene ring substituents is 1. The highest BCUT2D eigenvalue weighted by molar-refractivity contribution is 7.80. The maximum Gasteiger partial charge on any atom is 0.270 e. The molecule has 2 aromatic carbocycles. The van der Waals surface area contributed by atoms with Gasteiger partial charge in [-0.15, -0.1) is 0 Å². The molecule has 0 spiro atoms. The van der Waals surface area contributed by atoms with Crippen molar-refractivity contribution < 1.29 is 14.1 Å². The van der Waals surface area contributed by atoms with E-state index in [1.165, 1.54) is 24.3 Å². The number of benzene rings is 2. The molecule has 2 aliphatic heterocycles. The van der Waals surface area contributed by atoms with Crippen LogP contribution in [0, 0.1) is 21.8 Å². The van der Waals surface area contributed by atoms with Crippen molar-refractivity contribution in [2.45, 2.75) is 25.6 Å². The number of ether oxygens (including phenoxy) is 1. The molecule has 3 atom stereocenters. The molecule has 8 heteroatoms. The van der Waals surface area contributed by atoms with Crippen LogP contribution in [0.5, 0.6) is 5.75 Å². The van der Waals surface area contributed by atoms with E-state index in [0.717, 1.165) is 0 Å². The normalized spacial score (nSPS) is 26.6. The number of rotatable bonds is 2. The van der Waals surface area contributed by atoms with Crippen LogP contribution in [-0.2, 0) is 0 Å². The molecule has 4 rings (SSSR count). The lowest BCUT2D eigenvalue weighted by Gasteiger charge is -2.56.